The van der Waals surface area contributed by atoms with Crippen molar-refractivity contribution in [3.05, 3.63) is 88.9 Å². The Morgan fingerprint density at radius 2 is 1.73 bits per heavy atom. The van der Waals surface area contributed by atoms with E-state index in [4.69, 9.17) is 16.3 Å². The average molecular weight is 487 g/mol. The van der Waals surface area contributed by atoms with E-state index in [0.29, 0.717) is 22.7 Å². The van der Waals surface area contributed by atoms with Gasteiger partial charge in [-0.1, -0.05) is 48.9 Å². The van der Waals surface area contributed by atoms with E-state index in [0.717, 1.165) is 15.6 Å². The Bertz CT molecular complexity index is 1200. The van der Waals surface area contributed by atoms with Crippen LogP contribution in [0.15, 0.2) is 77.7 Å². The Hall–Kier alpha value is -3.03. The van der Waals surface area contributed by atoms with Gasteiger partial charge in [0, 0.05) is 5.02 Å². The number of carbonyl (C=O) groups is 1. The molecule has 1 atom stereocenters. The van der Waals surface area contributed by atoms with Crippen molar-refractivity contribution >= 4 is 33.2 Å². The van der Waals surface area contributed by atoms with Gasteiger partial charge >= 0.3 is 0 Å². The summed E-state index contributed by atoms with van der Waals surface area (Å²) in [5.74, 6) is 0.310. The molecule has 0 aliphatic carbocycles. The van der Waals surface area contributed by atoms with Gasteiger partial charge in [-0.25, -0.2) is 8.42 Å². The average Bonchev–Trinajstić information content (AvgIpc) is 2.82. The lowest BCUT2D eigenvalue weighted by Crippen LogP contribution is -2.42. The molecular formula is C25H27ClN2O4S. The lowest BCUT2D eigenvalue weighted by Gasteiger charge is -2.27. The Morgan fingerprint density at radius 3 is 2.30 bits per heavy atom. The first kappa shape index (κ1) is 24.6. The topological polar surface area (TPSA) is 75.7 Å². The quantitative estimate of drug-likeness (QED) is 0.455. The largest absolute Gasteiger partial charge is 0.497 e. The highest BCUT2D eigenvalue weighted by molar-refractivity contribution is 7.92. The van der Waals surface area contributed by atoms with E-state index < -0.39 is 15.9 Å². The van der Waals surface area contributed by atoms with Gasteiger partial charge in [0.2, 0.25) is 5.91 Å². The van der Waals surface area contributed by atoms with Gasteiger partial charge < -0.3 is 10.1 Å². The molecule has 0 aliphatic heterocycles. The standard InChI is InChI=1S/C25H27ClN2O4S/c1-4-23(19-10-13-21(32-3)14-11-19)27-25(29)17-28(24-15-12-20(26)16-18(24)2)33(30,31)22-8-6-5-7-9-22/h5-16,23H,4,17H2,1-3H3,(H,27,29)/t23-/m1/s1. The summed E-state index contributed by atoms with van der Waals surface area (Å²) < 4.78 is 33.3. The van der Waals surface area contributed by atoms with Crippen LogP contribution in [0.1, 0.15) is 30.5 Å². The summed E-state index contributed by atoms with van der Waals surface area (Å²) in [6, 6.07) is 20.1. The Balaban J connectivity index is 1.91. The van der Waals surface area contributed by atoms with E-state index in [1.165, 1.54) is 12.1 Å². The summed E-state index contributed by atoms with van der Waals surface area (Å²) in [4.78, 5) is 13.2. The number of hydrogen-bond donors (Lipinski definition) is 1. The van der Waals surface area contributed by atoms with Crippen molar-refractivity contribution in [1.29, 1.82) is 0 Å². The maximum absolute atomic E-state index is 13.5. The SMILES string of the molecule is CC[C@@H](NC(=O)CN(c1ccc(Cl)cc1C)S(=O)(=O)c1ccccc1)c1ccc(OC)cc1. The maximum Gasteiger partial charge on any atom is 0.264 e. The molecule has 0 aromatic heterocycles. The van der Waals surface area contributed by atoms with Crippen molar-refractivity contribution in [2.24, 2.45) is 0 Å². The number of halogens is 1. The zero-order valence-electron chi connectivity index (χ0n) is 18.8. The van der Waals surface area contributed by atoms with Crippen molar-refractivity contribution in [2.45, 2.75) is 31.2 Å². The third kappa shape index (κ3) is 5.86. The number of benzene rings is 3. The van der Waals surface area contributed by atoms with E-state index in [2.05, 4.69) is 5.32 Å². The summed E-state index contributed by atoms with van der Waals surface area (Å²) in [5, 5.41) is 3.45. The molecule has 33 heavy (non-hydrogen) atoms. The minimum absolute atomic E-state index is 0.106. The minimum atomic E-state index is -3.99. The fraction of sp³-hybridized carbons (Fsp3) is 0.240. The molecule has 3 rings (SSSR count). The molecule has 8 heteroatoms. The van der Waals surface area contributed by atoms with Gasteiger partial charge in [-0.05, 0) is 66.9 Å². The second-order valence-corrected chi connectivity index (χ2v) is 9.86. The third-order valence-corrected chi connectivity index (χ3v) is 7.32. The number of rotatable bonds is 9. The van der Waals surface area contributed by atoms with Gasteiger partial charge in [0.15, 0.2) is 0 Å². The van der Waals surface area contributed by atoms with Crippen LogP contribution in [-0.4, -0.2) is 28.0 Å². The van der Waals surface area contributed by atoms with Crippen molar-refractivity contribution < 1.29 is 17.9 Å². The number of anilines is 1. The number of carbonyl (C=O) groups excluding carboxylic acids is 1. The third-order valence-electron chi connectivity index (χ3n) is 5.31. The first-order valence-corrected chi connectivity index (χ1v) is 12.3. The van der Waals surface area contributed by atoms with E-state index in [1.54, 1.807) is 50.4 Å². The molecule has 3 aromatic rings. The molecule has 0 saturated heterocycles. The zero-order valence-corrected chi connectivity index (χ0v) is 20.4. The highest BCUT2D eigenvalue weighted by Gasteiger charge is 2.29. The van der Waals surface area contributed by atoms with E-state index in [-0.39, 0.29) is 17.5 Å². The number of hydrogen-bond acceptors (Lipinski definition) is 4. The number of sulfonamides is 1. The Morgan fingerprint density at radius 1 is 1.06 bits per heavy atom. The molecule has 0 fully saturated rings. The van der Waals surface area contributed by atoms with Crippen molar-refractivity contribution in [1.82, 2.24) is 5.32 Å². The fourth-order valence-corrected chi connectivity index (χ4v) is 5.28. The molecule has 0 heterocycles. The van der Waals surface area contributed by atoms with Crippen LogP contribution in [0.5, 0.6) is 5.75 Å². The summed E-state index contributed by atoms with van der Waals surface area (Å²) >= 11 is 6.08. The Kier molecular flexibility index (Phi) is 8.00. The van der Waals surface area contributed by atoms with E-state index in [9.17, 15) is 13.2 Å². The second-order valence-electron chi connectivity index (χ2n) is 7.56. The van der Waals surface area contributed by atoms with Crippen LogP contribution in [0.25, 0.3) is 0 Å². The monoisotopic (exact) mass is 486 g/mol. The molecule has 6 nitrogen and oxygen atoms in total. The van der Waals surface area contributed by atoms with Crippen LogP contribution < -0.4 is 14.4 Å². The van der Waals surface area contributed by atoms with Crippen LogP contribution in [-0.2, 0) is 14.8 Å². The lowest BCUT2D eigenvalue weighted by atomic mass is 10.0. The van der Waals surface area contributed by atoms with Crippen LogP contribution in [0, 0.1) is 6.92 Å². The molecule has 0 spiro atoms. The molecule has 1 amide bonds. The first-order chi connectivity index (χ1) is 15.8. The van der Waals surface area contributed by atoms with Gasteiger partial charge in [0.25, 0.3) is 10.0 Å². The Labute approximate surface area is 200 Å². The highest BCUT2D eigenvalue weighted by Crippen LogP contribution is 2.29. The van der Waals surface area contributed by atoms with Crippen LogP contribution >= 0.6 is 11.6 Å². The summed E-state index contributed by atoms with van der Waals surface area (Å²) in [6.45, 7) is 3.35. The summed E-state index contributed by atoms with van der Waals surface area (Å²) in [7, 11) is -2.40. The van der Waals surface area contributed by atoms with Gasteiger partial charge in [0.05, 0.1) is 23.7 Å². The molecule has 174 valence electrons. The fourth-order valence-electron chi connectivity index (χ4n) is 3.55. The second kappa shape index (κ2) is 10.7. The van der Waals surface area contributed by atoms with Gasteiger partial charge in [-0.3, -0.25) is 9.10 Å². The molecule has 0 bridgehead atoms. The number of amides is 1. The van der Waals surface area contributed by atoms with Gasteiger partial charge in [-0.2, -0.15) is 0 Å². The van der Waals surface area contributed by atoms with Crippen LogP contribution in [0.2, 0.25) is 5.02 Å². The number of methoxy groups -OCH3 is 1. The predicted molar refractivity (Wildman–Crippen MR) is 131 cm³/mol. The molecule has 0 unspecified atom stereocenters. The molecule has 3 aromatic carbocycles. The van der Waals surface area contributed by atoms with Crippen molar-refractivity contribution in [3.8, 4) is 5.75 Å². The highest BCUT2D eigenvalue weighted by atomic mass is 35.5. The van der Waals surface area contributed by atoms with Gasteiger partial charge in [0.1, 0.15) is 12.3 Å². The van der Waals surface area contributed by atoms with Crippen molar-refractivity contribution in [3.63, 3.8) is 0 Å². The molecular weight excluding hydrogens is 460 g/mol. The molecule has 1 N–H and O–H groups in total. The molecule has 0 aliphatic rings. The minimum Gasteiger partial charge on any atom is -0.497 e. The predicted octanol–water partition coefficient (Wildman–Crippen LogP) is 5.12. The van der Waals surface area contributed by atoms with Crippen molar-refractivity contribution in [2.75, 3.05) is 18.0 Å². The molecule has 0 saturated carbocycles. The van der Waals surface area contributed by atoms with E-state index >= 15 is 0 Å². The number of aryl methyl sites for hydroxylation is 1. The smallest absolute Gasteiger partial charge is 0.264 e. The molecule has 0 radical (unpaired) electrons. The normalized spacial score (nSPS) is 12.1. The number of ether oxygens (including phenoxy) is 1. The lowest BCUT2D eigenvalue weighted by molar-refractivity contribution is -0.120. The van der Waals surface area contributed by atoms with Gasteiger partial charge in [-0.15, -0.1) is 0 Å². The first-order valence-electron chi connectivity index (χ1n) is 10.5. The summed E-state index contributed by atoms with van der Waals surface area (Å²) in [5.41, 5.74) is 1.96. The zero-order chi connectivity index (χ0) is 24.0. The maximum atomic E-state index is 13.5. The number of nitrogens with zero attached hydrogens (tertiary/aromatic N) is 1. The van der Waals surface area contributed by atoms with Crippen LogP contribution in [0.4, 0.5) is 5.69 Å². The van der Waals surface area contributed by atoms with E-state index in [1.807, 2.05) is 31.2 Å². The number of nitrogens with one attached hydrogen (secondary N) is 1. The summed E-state index contributed by atoms with van der Waals surface area (Å²) in [6.07, 6.45) is 0.642. The van der Waals surface area contributed by atoms with Crippen LogP contribution in [0.3, 0.4) is 0 Å².